The Hall–Kier alpha value is -1.67. The maximum absolute atomic E-state index is 5.82. The normalized spacial score (nSPS) is 18.6. The molecule has 220 valence electrons. The van der Waals surface area contributed by atoms with Crippen LogP contribution >= 0.6 is 19.4 Å². The number of anilines is 1. The fourth-order valence-corrected chi connectivity index (χ4v) is 7.46. The Balaban J connectivity index is 0.000000267. The molecule has 1 aliphatic heterocycles. The third-order valence-corrected chi connectivity index (χ3v) is 9.18. The van der Waals surface area contributed by atoms with Crippen molar-refractivity contribution in [2.45, 2.75) is 97.6 Å². The van der Waals surface area contributed by atoms with Crippen molar-refractivity contribution in [1.82, 2.24) is 0 Å². The summed E-state index contributed by atoms with van der Waals surface area (Å²) < 4.78 is 7.51. The summed E-state index contributed by atoms with van der Waals surface area (Å²) in [7, 11) is 11.6. The van der Waals surface area contributed by atoms with E-state index in [-0.39, 0.29) is 17.1 Å². The number of nitrogens with zero attached hydrogens (tertiary/aromatic N) is 1. The van der Waals surface area contributed by atoms with Crippen LogP contribution in [0.1, 0.15) is 103 Å². The van der Waals surface area contributed by atoms with Crippen LogP contribution in [-0.4, -0.2) is 16.3 Å². The largest absolute Gasteiger partial charge is 0.517 e. The van der Waals surface area contributed by atoms with Gasteiger partial charge in [-0.2, -0.15) is 0 Å². The number of hydrogen-bond donors (Lipinski definition) is 0. The van der Waals surface area contributed by atoms with Gasteiger partial charge < -0.3 is 4.90 Å². The van der Waals surface area contributed by atoms with Crippen LogP contribution in [0.3, 0.4) is 0 Å². The maximum Gasteiger partial charge on any atom is 0.0145 e. The first kappa shape index (κ1) is 32.8. The fraction of sp³-hybridized carbons (Fsp3) is 0.429. The first-order chi connectivity index (χ1) is 18.7. The average molecular weight is 669 g/mol. The third-order valence-electron chi connectivity index (χ3n) is 7.35. The molecule has 0 amide bonds. The SMILES string of the molecule is CC(C)Oc1ccccc1[CH]=[Ru]([Cl])[Cl].CC(C)c1cccc(C(C)C)c1N1[CH-][C@](C)(c2ccccc2)CC1(C)C. The summed E-state index contributed by atoms with van der Waals surface area (Å²) in [5, 5.41) is 0. The Morgan fingerprint density at radius 1 is 0.800 bits per heavy atom. The van der Waals surface area contributed by atoms with Gasteiger partial charge in [0.2, 0.25) is 0 Å². The first-order valence-electron chi connectivity index (χ1n) is 14.2. The van der Waals surface area contributed by atoms with Crippen LogP contribution in [0.4, 0.5) is 5.69 Å². The van der Waals surface area contributed by atoms with Crippen LogP contribution in [0, 0.1) is 6.54 Å². The summed E-state index contributed by atoms with van der Waals surface area (Å²) in [6.07, 6.45) is 1.28. The number of rotatable bonds is 7. The molecule has 0 unspecified atom stereocenters. The summed E-state index contributed by atoms with van der Waals surface area (Å²) in [5.74, 6) is 1.87. The predicted octanol–water partition coefficient (Wildman–Crippen LogP) is 10.6. The smallest absolute Gasteiger partial charge is 0.0145 e. The monoisotopic (exact) mass is 668 g/mol. The van der Waals surface area contributed by atoms with Crippen molar-refractivity contribution >= 4 is 29.7 Å². The molecule has 0 radical (unpaired) electrons. The number of para-hydroxylation sites is 2. The summed E-state index contributed by atoms with van der Waals surface area (Å²) in [5.41, 5.74) is 6.88. The van der Waals surface area contributed by atoms with Crippen LogP contribution in [-0.2, 0) is 18.9 Å². The molecular weight excluding hydrogens is 622 g/mol. The minimum Gasteiger partial charge on any atom is -0.517 e. The van der Waals surface area contributed by atoms with Gasteiger partial charge >= 0.3 is 97.8 Å². The van der Waals surface area contributed by atoms with E-state index >= 15 is 0 Å². The molecule has 0 bridgehead atoms. The van der Waals surface area contributed by atoms with Crippen LogP contribution in [0.5, 0.6) is 5.75 Å². The standard InChI is InChI=1S/C25H34N.C10H12O.2ClH.Ru/c1-18(2)21-14-11-15-22(19(3)4)23(21)26-17-25(7,16-24(26,5)6)20-12-9-8-10-13-20;1-8(2)11-10-7-5-4-6-9(10)3;;;/h8-15,17-19H,16H2,1-7H3;3-8H,1-2H3;2*1H;/q-1;;;;+2/p-2/t25-;;;;/m1..../s1. The van der Waals surface area contributed by atoms with E-state index in [0.717, 1.165) is 17.7 Å². The van der Waals surface area contributed by atoms with Crippen LogP contribution in [0.2, 0.25) is 0 Å². The topological polar surface area (TPSA) is 12.5 Å². The molecule has 0 aliphatic carbocycles. The Bertz CT molecular complexity index is 1260. The Morgan fingerprint density at radius 3 is 1.88 bits per heavy atom. The number of halogens is 2. The minimum absolute atomic E-state index is 0.0586. The molecule has 1 aliphatic rings. The van der Waals surface area contributed by atoms with Gasteiger partial charge in [0.25, 0.3) is 0 Å². The van der Waals surface area contributed by atoms with Gasteiger partial charge in [0.15, 0.2) is 0 Å². The average Bonchev–Trinajstić information content (AvgIpc) is 3.14. The van der Waals surface area contributed by atoms with Crippen LogP contribution < -0.4 is 9.64 Å². The summed E-state index contributed by atoms with van der Waals surface area (Å²) in [6.45, 7) is 22.9. The van der Waals surface area contributed by atoms with E-state index in [0.29, 0.717) is 11.8 Å². The third kappa shape index (κ3) is 8.21. The van der Waals surface area contributed by atoms with Crippen molar-refractivity contribution < 1.29 is 18.3 Å². The molecule has 3 aromatic carbocycles. The molecule has 0 saturated carbocycles. The second-order valence-corrected chi connectivity index (χ2v) is 18.1. The quantitative estimate of drug-likeness (QED) is 0.184. The Kier molecular flexibility index (Phi) is 11.5. The van der Waals surface area contributed by atoms with Gasteiger partial charge in [-0.3, -0.25) is 0 Å². The van der Waals surface area contributed by atoms with Gasteiger partial charge in [-0.1, -0.05) is 88.7 Å². The van der Waals surface area contributed by atoms with E-state index < -0.39 is 13.5 Å². The summed E-state index contributed by atoms with van der Waals surface area (Å²) >= 11 is -1.77. The van der Waals surface area contributed by atoms with Crippen LogP contribution in [0.25, 0.3) is 0 Å². The van der Waals surface area contributed by atoms with Crippen molar-refractivity contribution in [3.63, 3.8) is 0 Å². The molecule has 4 rings (SSSR count). The molecule has 1 heterocycles. The van der Waals surface area contributed by atoms with Gasteiger partial charge in [-0.05, 0) is 43.2 Å². The molecule has 1 saturated heterocycles. The molecule has 1 fully saturated rings. The van der Waals surface area contributed by atoms with Crippen LogP contribution in [0.15, 0.2) is 72.8 Å². The molecule has 1 atom stereocenters. The second-order valence-electron chi connectivity index (χ2n) is 12.4. The van der Waals surface area contributed by atoms with Crippen molar-refractivity contribution in [3.05, 3.63) is 102 Å². The van der Waals surface area contributed by atoms with Gasteiger partial charge in [0.05, 0.1) is 0 Å². The van der Waals surface area contributed by atoms with E-state index in [9.17, 15) is 0 Å². The zero-order valence-electron chi connectivity index (χ0n) is 25.5. The van der Waals surface area contributed by atoms with Gasteiger partial charge in [-0.25, -0.2) is 6.54 Å². The van der Waals surface area contributed by atoms with Crippen molar-refractivity contribution in [1.29, 1.82) is 0 Å². The molecule has 0 spiro atoms. The first-order valence-corrected chi connectivity index (χ1v) is 19.7. The molecule has 5 heteroatoms. The molecule has 3 aromatic rings. The fourth-order valence-electron chi connectivity index (χ4n) is 5.65. The van der Waals surface area contributed by atoms with Gasteiger partial charge in [0.1, 0.15) is 0 Å². The van der Waals surface area contributed by atoms with Crippen molar-refractivity contribution in [3.8, 4) is 5.75 Å². The predicted molar refractivity (Wildman–Crippen MR) is 173 cm³/mol. The maximum atomic E-state index is 5.82. The van der Waals surface area contributed by atoms with Gasteiger partial charge in [-0.15, -0.1) is 5.41 Å². The number of ether oxygens (including phenoxy) is 1. The number of benzene rings is 3. The molecular formula is C35H46Cl2NORu-. The Morgan fingerprint density at radius 2 is 1.35 bits per heavy atom. The van der Waals surface area contributed by atoms with E-state index in [4.69, 9.17) is 24.1 Å². The molecule has 2 nitrogen and oxygen atoms in total. The summed E-state index contributed by atoms with van der Waals surface area (Å²) in [6, 6.07) is 25.6. The van der Waals surface area contributed by atoms with Gasteiger partial charge in [0, 0.05) is 11.2 Å². The van der Waals surface area contributed by atoms with E-state index in [1.807, 2.05) is 42.7 Å². The minimum atomic E-state index is -1.77. The molecule has 0 N–H and O–H groups in total. The van der Waals surface area contributed by atoms with Crippen molar-refractivity contribution in [2.75, 3.05) is 4.90 Å². The summed E-state index contributed by atoms with van der Waals surface area (Å²) in [4.78, 5) is 2.59. The van der Waals surface area contributed by atoms with E-state index in [2.05, 4.69) is 108 Å². The zero-order chi connectivity index (χ0) is 29.7. The van der Waals surface area contributed by atoms with E-state index in [1.54, 1.807) is 0 Å². The van der Waals surface area contributed by atoms with E-state index in [1.165, 1.54) is 22.4 Å². The number of hydrogen-bond acceptors (Lipinski definition) is 2. The zero-order valence-corrected chi connectivity index (χ0v) is 28.7. The molecule has 0 aromatic heterocycles. The second kappa shape index (κ2) is 14.0. The Labute approximate surface area is 256 Å². The molecule has 40 heavy (non-hydrogen) atoms. The van der Waals surface area contributed by atoms with Crippen molar-refractivity contribution in [2.24, 2.45) is 0 Å².